The Labute approximate surface area is 131 Å². The highest BCUT2D eigenvalue weighted by Crippen LogP contribution is 2.39. The van der Waals surface area contributed by atoms with Crippen molar-refractivity contribution in [1.82, 2.24) is 10.2 Å². The van der Waals surface area contributed by atoms with Crippen molar-refractivity contribution in [2.24, 2.45) is 0 Å². The van der Waals surface area contributed by atoms with Gasteiger partial charge in [-0.3, -0.25) is 4.90 Å². The van der Waals surface area contributed by atoms with Crippen LogP contribution in [-0.4, -0.2) is 29.6 Å². The van der Waals surface area contributed by atoms with Gasteiger partial charge < -0.3 is 5.32 Å². The minimum atomic E-state index is 0.314. The van der Waals surface area contributed by atoms with Crippen molar-refractivity contribution in [3.63, 3.8) is 0 Å². The number of piperazine rings is 1. The van der Waals surface area contributed by atoms with E-state index >= 15 is 0 Å². The molecule has 4 heteroatoms. The van der Waals surface area contributed by atoms with E-state index in [9.17, 15) is 0 Å². The highest BCUT2D eigenvalue weighted by atomic mass is 35.5. The van der Waals surface area contributed by atoms with Gasteiger partial charge in [0.15, 0.2) is 0 Å². The summed E-state index contributed by atoms with van der Waals surface area (Å²) in [6.07, 6.45) is 5.25. The molecule has 3 rings (SSSR count). The smallest absolute Gasteiger partial charge is 0.0465 e. The molecule has 20 heavy (non-hydrogen) atoms. The third kappa shape index (κ3) is 2.71. The van der Waals surface area contributed by atoms with Crippen LogP contribution in [0, 0.1) is 0 Å². The van der Waals surface area contributed by atoms with E-state index in [1.807, 2.05) is 18.2 Å². The molecule has 2 aliphatic rings. The number of nitrogens with zero attached hydrogens (tertiary/aromatic N) is 1. The Balaban J connectivity index is 1.86. The molecule has 1 aliphatic carbocycles. The molecule has 1 aromatic carbocycles. The van der Waals surface area contributed by atoms with Gasteiger partial charge in [0.05, 0.1) is 0 Å². The normalized spacial score (nSPS) is 26.2. The van der Waals surface area contributed by atoms with Gasteiger partial charge in [0.1, 0.15) is 0 Å². The zero-order valence-electron chi connectivity index (χ0n) is 12.0. The number of benzene rings is 1. The van der Waals surface area contributed by atoms with Crippen LogP contribution in [0.5, 0.6) is 0 Å². The average molecular weight is 313 g/mol. The first-order valence-electron chi connectivity index (χ1n) is 7.52. The van der Waals surface area contributed by atoms with Crippen LogP contribution in [0.4, 0.5) is 0 Å². The molecule has 1 saturated heterocycles. The predicted molar refractivity (Wildman–Crippen MR) is 85.5 cm³/mol. The second kappa shape index (κ2) is 5.84. The molecular formula is C16H22Cl2N2. The summed E-state index contributed by atoms with van der Waals surface area (Å²) in [6, 6.07) is 6.33. The van der Waals surface area contributed by atoms with Crippen molar-refractivity contribution in [1.29, 1.82) is 0 Å². The molecule has 1 aliphatic heterocycles. The zero-order chi connectivity index (χ0) is 14.2. The molecule has 0 bridgehead atoms. The maximum Gasteiger partial charge on any atom is 0.0465 e. The second-order valence-electron chi connectivity index (χ2n) is 6.29. The summed E-state index contributed by atoms with van der Waals surface area (Å²) in [5.74, 6) is 0. The Bertz CT molecular complexity index is 463. The first-order chi connectivity index (χ1) is 9.61. The summed E-state index contributed by atoms with van der Waals surface area (Å²) in [7, 11) is 0. The van der Waals surface area contributed by atoms with Crippen LogP contribution in [0.25, 0.3) is 0 Å². The molecule has 1 N–H and O–H groups in total. The average Bonchev–Trinajstić information content (AvgIpc) is 2.88. The van der Waals surface area contributed by atoms with E-state index in [-0.39, 0.29) is 0 Å². The van der Waals surface area contributed by atoms with Gasteiger partial charge in [-0.2, -0.15) is 0 Å². The summed E-state index contributed by atoms with van der Waals surface area (Å²) in [4.78, 5) is 2.62. The molecule has 0 aromatic heterocycles. The fourth-order valence-corrected chi connectivity index (χ4v) is 4.21. The Hall–Kier alpha value is -0.280. The molecule has 2 fully saturated rings. The molecule has 1 heterocycles. The minimum absolute atomic E-state index is 0.314. The van der Waals surface area contributed by atoms with Crippen molar-refractivity contribution in [2.45, 2.75) is 50.7 Å². The number of hydrogen-bond acceptors (Lipinski definition) is 2. The van der Waals surface area contributed by atoms with Crippen molar-refractivity contribution >= 4 is 23.2 Å². The second-order valence-corrected chi connectivity index (χ2v) is 7.11. The monoisotopic (exact) mass is 312 g/mol. The van der Waals surface area contributed by atoms with Gasteiger partial charge >= 0.3 is 0 Å². The lowest BCUT2D eigenvalue weighted by molar-refractivity contribution is 0.0393. The maximum atomic E-state index is 6.35. The third-order valence-corrected chi connectivity index (χ3v) is 5.60. The van der Waals surface area contributed by atoms with E-state index in [4.69, 9.17) is 23.2 Å². The summed E-state index contributed by atoms with van der Waals surface area (Å²) >= 11 is 12.7. The number of halogens is 2. The molecule has 110 valence electrons. The molecule has 0 radical (unpaired) electrons. The number of nitrogens with one attached hydrogen (secondary N) is 1. The number of rotatable bonds is 2. The van der Waals surface area contributed by atoms with E-state index < -0.39 is 0 Å². The van der Waals surface area contributed by atoms with E-state index in [1.54, 1.807) is 0 Å². The van der Waals surface area contributed by atoms with E-state index in [0.29, 0.717) is 11.6 Å². The third-order valence-electron chi connectivity index (χ3n) is 4.89. The highest BCUT2D eigenvalue weighted by Gasteiger charge is 2.42. The lowest BCUT2D eigenvalue weighted by Crippen LogP contribution is -2.62. The van der Waals surface area contributed by atoms with Crippen LogP contribution in [0.1, 0.15) is 38.2 Å². The minimum Gasteiger partial charge on any atom is -0.311 e. The summed E-state index contributed by atoms with van der Waals surface area (Å²) in [5.41, 5.74) is 1.39. The van der Waals surface area contributed by atoms with Crippen LogP contribution in [0.2, 0.25) is 10.0 Å². The van der Waals surface area contributed by atoms with Gasteiger partial charge in [-0.1, -0.05) is 42.1 Å². The lowest BCUT2D eigenvalue weighted by atomic mass is 9.90. The largest absolute Gasteiger partial charge is 0.311 e. The van der Waals surface area contributed by atoms with Gasteiger partial charge in [0.25, 0.3) is 0 Å². The standard InChI is InChI=1S/C16H22Cl2N2/c1-12-9-20(16(11-19-12)7-2-3-8-16)10-13-14(17)5-4-6-15(13)18/h4-6,12,19H,2-3,7-11H2,1H3. The SMILES string of the molecule is CC1CN(Cc2c(Cl)cccc2Cl)C2(CCCC2)CN1. The predicted octanol–water partition coefficient (Wildman–Crippen LogP) is 4.10. The molecule has 1 atom stereocenters. The fraction of sp³-hybridized carbons (Fsp3) is 0.625. The Morgan fingerprint density at radius 2 is 1.90 bits per heavy atom. The van der Waals surface area contributed by atoms with Crippen LogP contribution in [-0.2, 0) is 6.54 Å². The van der Waals surface area contributed by atoms with Gasteiger partial charge in [-0.05, 0) is 31.9 Å². The summed E-state index contributed by atoms with van der Waals surface area (Å²) < 4.78 is 0. The Kier molecular flexibility index (Phi) is 4.28. The van der Waals surface area contributed by atoms with Crippen LogP contribution in [0.3, 0.4) is 0 Å². The first-order valence-corrected chi connectivity index (χ1v) is 8.28. The van der Waals surface area contributed by atoms with Gasteiger partial charge in [-0.15, -0.1) is 0 Å². The Morgan fingerprint density at radius 3 is 2.55 bits per heavy atom. The first kappa shape index (κ1) is 14.6. The summed E-state index contributed by atoms with van der Waals surface area (Å²) in [5, 5.41) is 5.23. The molecule has 1 saturated carbocycles. The van der Waals surface area contributed by atoms with Gasteiger partial charge in [0.2, 0.25) is 0 Å². The van der Waals surface area contributed by atoms with Crippen molar-refractivity contribution in [3.8, 4) is 0 Å². The lowest BCUT2D eigenvalue weighted by Gasteiger charge is -2.48. The maximum absolute atomic E-state index is 6.35. The zero-order valence-corrected chi connectivity index (χ0v) is 13.5. The molecule has 1 aromatic rings. The fourth-order valence-electron chi connectivity index (χ4n) is 3.70. The van der Waals surface area contributed by atoms with Crippen LogP contribution in [0.15, 0.2) is 18.2 Å². The summed E-state index contributed by atoms with van der Waals surface area (Å²) in [6.45, 7) is 5.28. The molecule has 0 amide bonds. The molecular weight excluding hydrogens is 291 g/mol. The van der Waals surface area contributed by atoms with E-state index in [0.717, 1.165) is 35.2 Å². The topological polar surface area (TPSA) is 15.3 Å². The van der Waals surface area contributed by atoms with E-state index in [2.05, 4.69) is 17.1 Å². The van der Waals surface area contributed by atoms with Crippen molar-refractivity contribution < 1.29 is 0 Å². The Morgan fingerprint density at radius 1 is 1.25 bits per heavy atom. The molecule has 1 spiro atoms. The quantitative estimate of drug-likeness (QED) is 0.884. The van der Waals surface area contributed by atoms with Gasteiger partial charge in [-0.25, -0.2) is 0 Å². The van der Waals surface area contributed by atoms with Crippen molar-refractivity contribution in [3.05, 3.63) is 33.8 Å². The van der Waals surface area contributed by atoms with Crippen LogP contribution < -0.4 is 5.32 Å². The van der Waals surface area contributed by atoms with Crippen LogP contribution >= 0.6 is 23.2 Å². The van der Waals surface area contributed by atoms with Crippen molar-refractivity contribution in [2.75, 3.05) is 13.1 Å². The molecule has 1 unspecified atom stereocenters. The van der Waals surface area contributed by atoms with E-state index in [1.165, 1.54) is 25.7 Å². The highest BCUT2D eigenvalue weighted by molar-refractivity contribution is 6.35. The molecule has 2 nitrogen and oxygen atoms in total. The number of hydrogen-bond donors (Lipinski definition) is 1. The van der Waals surface area contributed by atoms with Gasteiger partial charge in [0, 0.05) is 46.8 Å².